The van der Waals surface area contributed by atoms with E-state index in [1.807, 2.05) is 0 Å². The van der Waals surface area contributed by atoms with Crippen LogP contribution in [0.3, 0.4) is 0 Å². The van der Waals surface area contributed by atoms with Crippen LogP contribution in [0.4, 0.5) is 17.6 Å². The predicted molar refractivity (Wildman–Crippen MR) is 89.2 cm³/mol. The van der Waals surface area contributed by atoms with E-state index in [4.69, 9.17) is 9.84 Å². The van der Waals surface area contributed by atoms with Crippen molar-refractivity contribution in [2.24, 2.45) is 4.99 Å². The van der Waals surface area contributed by atoms with Gasteiger partial charge in [0.1, 0.15) is 11.3 Å². The Balaban J connectivity index is 2.54. The molecule has 1 fully saturated rings. The monoisotopic (exact) mass is 389 g/mol. The molecule has 27 heavy (non-hydrogen) atoms. The van der Waals surface area contributed by atoms with Crippen molar-refractivity contribution in [3.8, 4) is 0 Å². The molecule has 1 aromatic rings. The molecule has 2 rings (SSSR count). The van der Waals surface area contributed by atoms with Crippen molar-refractivity contribution in [1.29, 1.82) is 0 Å². The first-order valence-corrected chi connectivity index (χ1v) is 8.36. The highest BCUT2D eigenvalue weighted by molar-refractivity contribution is 6.15. The van der Waals surface area contributed by atoms with Crippen molar-refractivity contribution in [3.63, 3.8) is 0 Å². The van der Waals surface area contributed by atoms with Crippen molar-refractivity contribution < 1.29 is 37.3 Å². The van der Waals surface area contributed by atoms with Crippen molar-refractivity contribution in [3.05, 3.63) is 40.5 Å². The molecular weight excluding hydrogens is 370 g/mol. The van der Waals surface area contributed by atoms with E-state index >= 15 is 0 Å². The van der Waals surface area contributed by atoms with Gasteiger partial charge < -0.3 is 14.9 Å². The highest BCUT2D eigenvalue weighted by Gasteiger charge is 2.36. The van der Waals surface area contributed by atoms with Gasteiger partial charge in [-0.1, -0.05) is 0 Å². The largest absolute Gasteiger partial charge is 0.506 e. The summed E-state index contributed by atoms with van der Waals surface area (Å²) in [4.78, 5) is 16.3. The SMILES string of the molecule is CCOC(=O)C(C=NC1(CCO)CCC1)=C(O)c1cc(F)c(F)c(F)c1F. The molecular formula is C18H19F4NO4. The molecule has 9 heteroatoms. The third-order valence-electron chi connectivity index (χ3n) is 4.44. The molecule has 0 amide bonds. The zero-order valence-electron chi connectivity index (χ0n) is 14.6. The van der Waals surface area contributed by atoms with E-state index in [-0.39, 0.29) is 19.3 Å². The van der Waals surface area contributed by atoms with Gasteiger partial charge in [0, 0.05) is 12.8 Å². The Hall–Kier alpha value is -2.42. The fourth-order valence-electron chi connectivity index (χ4n) is 2.75. The Kier molecular flexibility index (Phi) is 6.59. The molecule has 0 saturated heterocycles. The van der Waals surface area contributed by atoms with Gasteiger partial charge in [-0.3, -0.25) is 4.99 Å². The van der Waals surface area contributed by atoms with E-state index in [2.05, 4.69) is 4.99 Å². The molecule has 0 unspecified atom stereocenters. The smallest absolute Gasteiger partial charge is 0.343 e. The summed E-state index contributed by atoms with van der Waals surface area (Å²) in [7, 11) is 0. The Morgan fingerprint density at radius 1 is 1.26 bits per heavy atom. The number of rotatable bonds is 7. The molecule has 0 radical (unpaired) electrons. The van der Waals surface area contributed by atoms with Gasteiger partial charge in [0.15, 0.2) is 23.3 Å². The van der Waals surface area contributed by atoms with E-state index in [1.54, 1.807) is 0 Å². The van der Waals surface area contributed by atoms with Gasteiger partial charge in [0.05, 0.1) is 17.7 Å². The Morgan fingerprint density at radius 3 is 2.44 bits per heavy atom. The van der Waals surface area contributed by atoms with Gasteiger partial charge in [-0.05, 0) is 38.7 Å². The standard InChI is InChI=1S/C18H19F4NO4/c1-2-27-17(26)11(9-23-18(6-7-24)4-3-5-18)16(25)10-8-12(19)14(21)15(22)13(10)20/h8-9,24-25H,2-7H2,1H3. The van der Waals surface area contributed by atoms with Crippen LogP contribution >= 0.6 is 0 Å². The first-order chi connectivity index (χ1) is 12.8. The van der Waals surface area contributed by atoms with Crippen molar-refractivity contribution in [1.82, 2.24) is 0 Å². The minimum Gasteiger partial charge on any atom is -0.506 e. The van der Waals surface area contributed by atoms with E-state index in [0.29, 0.717) is 19.3 Å². The van der Waals surface area contributed by atoms with Gasteiger partial charge in [-0.15, -0.1) is 0 Å². The number of nitrogens with zero attached hydrogens (tertiary/aromatic N) is 1. The second kappa shape index (κ2) is 8.51. The summed E-state index contributed by atoms with van der Waals surface area (Å²) in [5, 5.41) is 19.4. The number of ether oxygens (including phenoxy) is 1. The van der Waals surface area contributed by atoms with Gasteiger partial charge in [-0.2, -0.15) is 0 Å². The number of hydrogen-bond donors (Lipinski definition) is 2. The summed E-state index contributed by atoms with van der Waals surface area (Å²) in [6, 6.07) is 0.239. The van der Waals surface area contributed by atoms with Crippen molar-refractivity contribution in [2.75, 3.05) is 13.2 Å². The molecule has 0 bridgehead atoms. The van der Waals surface area contributed by atoms with Crippen LogP contribution in [0.15, 0.2) is 16.6 Å². The highest BCUT2D eigenvalue weighted by atomic mass is 19.2. The van der Waals surface area contributed by atoms with Crippen LogP contribution in [0, 0.1) is 23.3 Å². The van der Waals surface area contributed by atoms with Gasteiger partial charge in [-0.25, -0.2) is 22.4 Å². The van der Waals surface area contributed by atoms with Crippen LogP contribution in [-0.2, 0) is 9.53 Å². The Labute approximate surface area is 153 Å². The average Bonchev–Trinajstić information content (AvgIpc) is 2.60. The highest BCUT2D eigenvalue weighted by Crippen LogP contribution is 2.38. The zero-order valence-corrected chi connectivity index (χ0v) is 14.6. The predicted octanol–water partition coefficient (Wildman–Crippen LogP) is 3.45. The summed E-state index contributed by atoms with van der Waals surface area (Å²) in [6.45, 7) is 1.26. The number of halogens is 4. The molecule has 1 aromatic carbocycles. The maximum absolute atomic E-state index is 14.0. The minimum absolute atomic E-state index is 0.0835. The molecule has 0 aromatic heterocycles. The first-order valence-electron chi connectivity index (χ1n) is 8.36. The average molecular weight is 389 g/mol. The molecule has 0 atom stereocenters. The van der Waals surface area contributed by atoms with Crippen LogP contribution in [0.2, 0.25) is 0 Å². The van der Waals surface area contributed by atoms with Crippen LogP contribution < -0.4 is 0 Å². The zero-order chi connectivity index (χ0) is 20.2. The lowest BCUT2D eigenvalue weighted by atomic mass is 9.75. The van der Waals surface area contributed by atoms with Crippen LogP contribution in [0.5, 0.6) is 0 Å². The van der Waals surface area contributed by atoms with Gasteiger partial charge >= 0.3 is 5.97 Å². The van der Waals surface area contributed by atoms with Crippen molar-refractivity contribution in [2.45, 2.75) is 38.1 Å². The van der Waals surface area contributed by atoms with Crippen molar-refractivity contribution >= 4 is 17.9 Å². The van der Waals surface area contributed by atoms with Crippen LogP contribution in [0.1, 0.15) is 38.2 Å². The molecule has 5 nitrogen and oxygen atoms in total. The van der Waals surface area contributed by atoms with Crippen LogP contribution in [0.25, 0.3) is 5.76 Å². The number of aliphatic imine (C=N–C) groups is 1. The quantitative estimate of drug-likeness (QED) is 0.142. The topological polar surface area (TPSA) is 79.1 Å². The molecule has 1 aliphatic carbocycles. The number of carbonyl (C=O) groups excluding carboxylic acids is 1. The van der Waals surface area contributed by atoms with Crippen LogP contribution in [-0.4, -0.2) is 41.1 Å². The normalized spacial score (nSPS) is 16.8. The maximum atomic E-state index is 14.0. The van der Waals surface area contributed by atoms with E-state index in [0.717, 1.165) is 12.6 Å². The number of esters is 1. The third-order valence-corrected chi connectivity index (χ3v) is 4.44. The molecule has 1 aliphatic rings. The lowest BCUT2D eigenvalue weighted by Gasteiger charge is -2.37. The fraction of sp³-hybridized carbons (Fsp3) is 0.444. The number of hydrogen-bond acceptors (Lipinski definition) is 5. The number of benzene rings is 1. The van der Waals surface area contributed by atoms with Gasteiger partial charge in [0.25, 0.3) is 0 Å². The minimum atomic E-state index is -2.12. The second-order valence-corrected chi connectivity index (χ2v) is 6.14. The third kappa shape index (κ3) is 4.29. The number of aliphatic hydroxyl groups excluding tert-OH is 2. The molecule has 2 N–H and O–H groups in total. The summed E-state index contributed by atoms with van der Waals surface area (Å²) in [5.74, 6) is -9.96. The summed E-state index contributed by atoms with van der Waals surface area (Å²) < 4.78 is 58.8. The lowest BCUT2D eigenvalue weighted by Crippen LogP contribution is -2.36. The first kappa shape index (κ1) is 20.9. The summed E-state index contributed by atoms with van der Waals surface area (Å²) >= 11 is 0. The second-order valence-electron chi connectivity index (χ2n) is 6.14. The number of aliphatic hydroxyl groups is 2. The molecule has 0 aliphatic heterocycles. The van der Waals surface area contributed by atoms with Gasteiger partial charge in [0.2, 0.25) is 0 Å². The number of carbonyl (C=O) groups is 1. The lowest BCUT2D eigenvalue weighted by molar-refractivity contribution is -0.137. The molecule has 148 valence electrons. The molecule has 0 heterocycles. The summed E-state index contributed by atoms with van der Waals surface area (Å²) in [6.07, 6.45) is 3.37. The molecule has 1 saturated carbocycles. The Bertz CT molecular complexity index is 788. The summed E-state index contributed by atoms with van der Waals surface area (Å²) in [5.41, 5.74) is -2.30. The fourth-order valence-corrected chi connectivity index (χ4v) is 2.75. The molecule has 0 spiro atoms. The van der Waals surface area contributed by atoms with E-state index in [9.17, 15) is 27.5 Å². The van der Waals surface area contributed by atoms with E-state index in [1.165, 1.54) is 6.92 Å². The van der Waals surface area contributed by atoms with E-state index < -0.39 is 51.7 Å². The Morgan fingerprint density at radius 2 is 1.93 bits per heavy atom. The maximum Gasteiger partial charge on any atom is 0.343 e.